The predicted octanol–water partition coefficient (Wildman–Crippen LogP) is 6.05. The summed E-state index contributed by atoms with van der Waals surface area (Å²) in [5.41, 5.74) is -2.18. The van der Waals surface area contributed by atoms with Gasteiger partial charge in [-0.3, -0.25) is 14.6 Å². The molecule has 0 unspecified atom stereocenters. The number of benzene rings is 2. The third kappa shape index (κ3) is 7.02. The van der Waals surface area contributed by atoms with Gasteiger partial charge in [0.25, 0.3) is 11.1 Å². The van der Waals surface area contributed by atoms with Crippen LogP contribution in [0.15, 0.2) is 88.7 Å². The maximum Gasteiger partial charge on any atom is 0.420 e. The average Bonchev–Trinajstić information content (AvgIpc) is 3.00. The van der Waals surface area contributed by atoms with E-state index < -0.39 is 34.4 Å². The molecule has 45 heavy (non-hydrogen) atoms. The minimum Gasteiger partial charge on any atom is -0.497 e. The molecule has 0 fully saturated rings. The van der Waals surface area contributed by atoms with Crippen LogP contribution in [-0.4, -0.2) is 26.4 Å². The van der Waals surface area contributed by atoms with Crippen molar-refractivity contribution in [2.75, 3.05) is 7.11 Å². The Hall–Kier alpha value is -5.48. The molecule has 3 heterocycles. The van der Waals surface area contributed by atoms with E-state index in [0.29, 0.717) is 17.4 Å². The summed E-state index contributed by atoms with van der Waals surface area (Å²) < 4.78 is 68.0. The van der Waals surface area contributed by atoms with Crippen LogP contribution in [0.5, 0.6) is 17.2 Å². The van der Waals surface area contributed by atoms with Crippen LogP contribution in [-0.2, 0) is 19.3 Å². The Labute approximate surface area is 257 Å². The highest BCUT2D eigenvalue weighted by atomic mass is 35.5. The second-order valence-corrected chi connectivity index (χ2v) is 10.0. The van der Waals surface area contributed by atoms with Crippen molar-refractivity contribution in [1.29, 1.82) is 5.26 Å². The van der Waals surface area contributed by atoms with E-state index in [0.717, 1.165) is 39.8 Å². The number of pyridine rings is 2. The van der Waals surface area contributed by atoms with Crippen molar-refractivity contribution in [3.63, 3.8) is 0 Å². The Morgan fingerprint density at radius 1 is 0.956 bits per heavy atom. The molecule has 0 amide bonds. The average molecular weight is 638 g/mol. The van der Waals surface area contributed by atoms with Gasteiger partial charge in [0.2, 0.25) is 5.75 Å². The van der Waals surface area contributed by atoms with Crippen LogP contribution in [0.3, 0.4) is 0 Å². The maximum atomic E-state index is 13.9. The van der Waals surface area contributed by atoms with E-state index in [2.05, 4.69) is 10.1 Å². The maximum absolute atomic E-state index is 13.9. The number of hydrogen-bond acceptors (Lipinski definition) is 7. The molecule has 0 saturated carbocycles. The molecule has 0 saturated heterocycles. The van der Waals surface area contributed by atoms with Gasteiger partial charge in [-0.25, -0.2) is 9.07 Å². The van der Waals surface area contributed by atoms with Crippen LogP contribution in [0.2, 0.25) is 5.02 Å². The summed E-state index contributed by atoms with van der Waals surface area (Å²) >= 11 is 5.97. The highest BCUT2D eigenvalue weighted by Gasteiger charge is 2.36. The lowest BCUT2D eigenvalue weighted by Gasteiger charge is -2.16. The molecule has 3 aromatic heterocycles. The van der Waals surface area contributed by atoms with E-state index in [4.69, 9.17) is 21.1 Å². The number of hydrogen-bond donors (Lipinski definition) is 0. The standard InChI is InChI=1S/C31H20ClF4N5O4/c1-44-23-5-2-18(3-6-23)16-41-29(42)25(27-7-4-21(33)15-38-27)13-22(39-41)17-40-9-8-26(31(34,35)36)28(30(40)43)45-24-11-19(14-37)10-20(32)12-24/h2-13,15H,16-17H2,1H3. The fourth-order valence-corrected chi connectivity index (χ4v) is 4.61. The molecule has 9 nitrogen and oxygen atoms in total. The SMILES string of the molecule is COc1ccc(Cn2nc(Cn3ccc(C(F)(F)F)c(Oc4cc(Cl)cc(C#N)c4)c3=O)cc(-c3ccc(F)cn3)c2=O)cc1. The smallest absolute Gasteiger partial charge is 0.420 e. The van der Waals surface area contributed by atoms with Crippen LogP contribution < -0.4 is 20.6 Å². The highest BCUT2D eigenvalue weighted by Crippen LogP contribution is 2.36. The van der Waals surface area contributed by atoms with Crippen molar-refractivity contribution in [2.45, 2.75) is 19.3 Å². The Balaban J connectivity index is 1.60. The summed E-state index contributed by atoms with van der Waals surface area (Å²) in [5.74, 6) is -1.35. The summed E-state index contributed by atoms with van der Waals surface area (Å²) in [6, 6.07) is 16.6. The van der Waals surface area contributed by atoms with Crippen molar-refractivity contribution < 1.29 is 27.0 Å². The van der Waals surface area contributed by atoms with Gasteiger partial charge < -0.3 is 14.0 Å². The monoisotopic (exact) mass is 637 g/mol. The third-order valence-electron chi connectivity index (χ3n) is 6.50. The largest absolute Gasteiger partial charge is 0.497 e. The van der Waals surface area contributed by atoms with E-state index in [1.165, 1.54) is 25.3 Å². The van der Waals surface area contributed by atoms with Crippen LogP contribution in [0.1, 0.15) is 22.4 Å². The summed E-state index contributed by atoms with van der Waals surface area (Å²) in [4.78, 5) is 30.9. The van der Waals surface area contributed by atoms with Crippen LogP contribution in [0, 0.1) is 17.1 Å². The van der Waals surface area contributed by atoms with E-state index in [1.54, 1.807) is 24.3 Å². The molecule has 0 radical (unpaired) electrons. The predicted molar refractivity (Wildman–Crippen MR) is 155 cm³/mol. The highest BCUT2D eigenvalue weighted by molar-refractivity contribution is 6.30. The first kappa shape index (κ1) is 31.0. The van der Waals surface area contributed by atoms with Gasteiger partial charge in [0.05, 0.1) is 55.0 Å². The molecule has 0 atom stereocenters. The molecule has 0 bridgehead atoms. The number of nitriles is 1. The summed E-state index contributed by atoms with van der Waals surface area (Å²) in [5, 5.41) is 13.6. The van der Waals surface area contributed by atoms with Crippen molar-refractivity contribution in [2.24, 2.45) is 0 Å². The second-order valence-electron chi connectivity index (χ2n) is 9.60. The molecule has 0 spiro atoms. The topological polar surface area (TPSA) is 112 Å². The van der Waals surface area contributed by atoms with Crippen LogP contribution >= 0.6 is 11.6 Å². The molecular formula is C31H20ClF4N5O4. The van der Waals surface area contributed by atoms with Crippen molar-refractivity contribution in [3.05, 3.63) is 133 Å². The first-order chi connectivity index (χ1) is 21.4. The zero-order chi connectivity index (χ0) is 32.3. The first-order valence-electron chi connectivity index (χ1n) is 13.0. The van der Waals surface area contributed by atoms with Gasteiger partial charge in [-0.05, 0) is 60.2 Å². The molecule has 14 heteroatoms. The summed E-state index contributed by atoms with van der Waals surface area (Å²) in [7, 11) is 1.50. The number of halogens is 5. The van der Waals surface area contributed by atoms with E-state index in [-0.39, 0.29) is 46.4 Å². The van der Waals surface area contributed by atoms with E-state index in [1.807, 2.05) is 6.07 Å². The summed E-state index contributed by atoms with van der Waals surface area (Å²) in [6.07, 6.45) is -3.11. The lowest BCUT2D eigenvalue weighted by molar-refractivity contribution is -0.138. The number of nitrogens with zero attached hydrogens (tertiary/aromatic N) is 5. The molecule has 2 aromatic carbocycles. The fraction of sp³-hybridized carbons (Fsp3) is 0.129. The molecule has 228 valence electrons. The fourth-order valence-electron chi connectivity index (χ4n) is 4.38. The Bertz CT molecular complexity index is 2040. The number of methoxy groups -OCH3 is 1. The Kier molecular flexibility index (Phi) is 8.69. The minimum atomic E-state index is -4.96. The molecule has 0 aliphatic rings. The van der Waals surface area contributed by atoms with Crippen LogP contribution in [0.25, 0.3) is 11.3 Å². The number of ether oxygens (including phenoxy) is 2. The summed E-state index contributed by atoms with van der Waals surface area (Å²) in [6.45, 7) is -0.402. The van der Waals surface area contributed by atoms with Gasteiger partial charge in [-0.15, -0.1) is 0 Å². The van der Waals surface area contributed by atoms with Gasteiger partial charge in [0.1, 0.15) is 22.9 Å². The second kappa shape index (κ2) is 12.6. The van der Waals surface area contributed by atoms with E-state index >= 15 is 0 Å². The first-order valence-corrected chi connectivity index (χ1v) is 13.4. The Morgan fingerprint density at radius 2 is 1.71 bits per heavy atom. The number of rotatable bonds is 8. The molecule has 5 aromatic rings. The third-order valence-corrected chi connectivity index (χ3v) is 6.72. The molecule has 0 aliphatic heterocycles. The normalized spacial score (nSPS) is 11.2. The van der Waals surface area contributed by atoms with Gasteiger partial charge in [-0.2, -0.15) is 23.5 Å². The van der Waals surface area contributed by atoms with Gasteiger partial charge in [-0.1, -0.05) is 23.7 Å². The molecule has 5 rings (SSSR count). The molecular weight excluding hydrogens is 618 g/mol. The Morgan fingerprint density at radius 3 is 2.36 bits per heavy atom. The number of alkyl halides is 3. The molecule has 0 aliphatic carbocycles. The van der Waals surface area contributed by atoms with Crippen molar-refractivity contribution in [3.8, 4) is 34.6 Å². The quantitative estimate of drug-likeness (QED) is 0.191. The van der Waals surface area contributed by atoms with Gasteiger partial charge in [0.15, 0.2) is 0 Å². The van der Waals surface area contributed by atoms with Crippen molar-refractivity contribution in [1.82, 2.24) is 19.3 Å². The number of aromatic nitrogens is 4. The van der Waals surface area contributed by atoms with Gasteiger partial charge in [0, 0.05) is 11.2 Å². The lowest BCUT2D eigenvalue weighted by atomic mass is 10.1. The zero-order valence-corrected chi connectivity index (χ0v) is 23.9. The zero-order valence-electron chi connectivity index (χ0n) is 23.2. The van der Waals surface area contributed by atoms with Crippen LogP contribution in [0.4, 0.5) is 17.6 Å². The van der Waals surface area contributed by atoms with Gasteiger partial charge >= 0.3 is 6.18 Å². The minimum absolute atomic E-state index is 0.00700. The van der Waals surface area contributed by atoms with E-state index in [9.17, 15) is 32.4 Å². The molecule has 0 N–H and O–H groups in total. The van der Waals surface area contributed by atoms with Crippen molar-refractivity contribution >= 4 is 11.6 Å². The lowest BCUT2D eigenvalue weighted by Crippen LogP contribution is -2.29.